The molecule has 0 radical (unpaired) electrons. The van der Waals surface area contributed by atoms with Crippen molar-refractivity contribution in [2.24, 2.45) is 0 Å². The van der Waals surface area contributed by atoms with Crippen LogP contribution in [0.25, 0.3) is 0 Å². The van der Waals surface area contributed by atoms with E-state index in [-0.39, 0.29) is 0 Å². The Morgan fingerprint density at radius 2 is 2.31 bits per heavy atom. The zero-order chi connectivity index (χ0) is 9.52. The van der Waals surface area contributed by atoms with Gasteiger partial charge in [0, 0.05) is 6.42 Å². The summed E-state index contributed by atoms with van der Waals surface area (Å²) in [5.74, 6) is 1.15. The van der Waals surface area contributed by atoms with Gasteiger partial charge in [-0.3, -0.25) is 0 Å². The molecule has 0 unspecified atom stereocenters. The van der Waals surface area contributed by atoms with Crippen LogP contribution in [0.1, 0.15) is 37.5 Å². The Labute approximate surface area is 80.5 Å². The average molecular weight is 178 g/mol. The van der Waals surface area contributed by atoms with E-state index in [9.17, 15) is 0 Å². The molecule has 0 atom stereocenters. The Balaban J connectivity index is 2.44. The standard InChI is InChI=1S/C12H18O/c1-3-5-6-8-12-11(7-4-2)9-10-13-12/h4,9-10H,2-3,5-8H2,1H3. The fraction of sp³-hybridized carbons (Fsp3) is 0.500. The maximum atomic E-state index is 5.42. The Morgan fingerprint density at radius 3 is 3.00 bits per heavy atom. The molecule has 1 aromatic rings. The van der Waals surface area contributed by atoms with Crippen LogP contribution in [0.2, 0.25) is 0 Å². The third kappa shape index (κ3) is 3.10. The van der Waals surface area contributed by atoms with Crippen molar-refractivity contribution in [2.75, 3.05) is 0 Å². The second kappa shape index (κ2) is 5.63. The molecule has 0 bridgehead atoms. The maximum Gasteiger partial charge on any atom is 0.107 e. The van der Waals surface area contributed by atoms with Crippen LogP contribution in [0.15, 0.2) is 29.4 Å². The summed E-state index contributed by atoms with van der Waals surface area (Å²) >= 11 is 0. The summed E-state index contributed by atoms with van der Waals surface area (Å²) in [5, 5.41) is 0. The number of allylic oxidation sites excluding steroid dienone is 1. The van der Waals surface area contributed by atoms with Gasteiger partial charge in [-0.05, 0) is 24.5 Å². The SMILES string of the molecule is C=CCc1ccoc1CCCCC. The van der Waals surface area contributed by atoms with E-state index in [4.69, 9.17) is 4.42 Å². The van der Waals surface area contributed by atoms with Crippen molar-refractivity contribution in [2.45, 2.75) is 39.0 Å². The maximum absolute atomic E-state index is 5.42. The molecule has 0 amide bonds. The van der Waals surface area contributed by atoms with E-state index in [2.05, 4.69) is 13.5 Å². The molecule has 0 saturated heterocycles. The molecule has 0 aliphatic carbocycles. The van der Waals surface area contributed by atoms with Crippen LogP contribution >= 0.6 is 0 Å². The minimum atomic E-state index is 0.929. The molecule has 1 aromatic heterocycles. The molecule has 0 aliphatic heterocycles. The molecule has 1 heteroatoms. The molecule has 0 aromatic carbocycles. The summed E-state index contributed by atoms with van der Waals surface area (Å²) in [7, 11) is 0. The van der Waals surface area contributed by atoms with Gasteiger partial charge in [-0.2, -0.15) is 0 Å². The summed E-state index contributed by atoms with van der Waals surface area (Å²) in [6.45, 7) is 5.95. The second-order valence-corrected chi connectivity index (χ2v) is 3.32. The lowest BCUT2D eigenvalue weighted by molar-refractivity contribution is 0.493. The Kier molecular flexibility index (Phi) is 4.37. The summed E-state index contributed by atoms with van der Waals surface area (Å²) in [6, 6.07) is 2.04. The first-order chi connectivity index (χ1) is 6.38. The zero-order valence-corrected chi connectivity index (χ0v) is 8.38. The highest BCUT2D eigenvalue weighted by Gasteiger charge is 2.03. The Bertz CT molecular complexity index is 247. The third-order valence-electron chi connectivity index (χ3n) is 2.21. The van der Waals surface area contributed by atoms with Gasteiger partial charge in [0.2, 0.25) is 0 Å². The molecule has 72 valence electrons. The predicted molar refractivity (Wildman–Crippen MR) is 55.8 cm³/mol. The van der Waals surface area contributed by atoms with Gasteiger partial charge in [0.15, 0.2) is 0 Å². The van der Waals surface area contributed by atoms with Crippen LogP contribution in [0.3, 0.4) is 0 Å². The highest BCUT2D eigenvalue weighted by molar-refractivity contribution is 5.19. The average Bonchev–Trinajstić information content (AvgIpc) is 2.54. The largest absolute Gasteiger partial charge is 0.469 e. The van der Waals surface area contributed by atoms with Crippen molar-refractivity contribution in [3.8, 4) is 0 Å². The first kappa shape index (κ1) is 10.1. The van der Waals surface area contributed by atoms with Crippen LogP contribution in [0, 0.1) is 0 Å². The summed E-state index contributed by atoms with van der Waals surface area (Å²) in [5.41, 5.74) is 1.30. The second-order valence-electron chi connectivity index (χ2n) is 3.32. The topological polar surface area (TPSA) is 13.1 Å². The van der Waals surface area contributed by atoms with Crippen molar-refractivity contribution in [1.82, 2.24) is 0 Å². The van der Waals surface area contributed by atoms with E-state index in [1.54, 1.807) is 6.26 Å². The molecule has 0 aliphatic rings. The molecular weight excluding hydrogens is 160 g/mol. The fourth-order valence-corrected chi connectivity index (χ4v) is 1.46. The highest BCUT2D eigenvalue weighted by Crippen LogP contribution is 2.14. The quantitative estimate of drug-likeness (QED) is 0.477. The summed E-state index contributed by atoms with van der Waals surface area (Å²) in [4.78, 5) is 0. The van der Waals surface area contributed by atoms with Crippen LogP contribution in [0.4, 0.5) is 0 Å². The summed E-state index contributed by atoms with van der Waals surface area (Å²) in [6.07, 6.45) is 9.48. The minimum Gasteiger partial charge on any atom is -0.469 e. The molecule has 0 fully saturated rings. The van der Waals surface area contributed by atoms with E-state index in [1.165, 1.54) is 24.8 Å². The molecule has 0 saturated carbocycles. The molecule has 1 nitrogen and oxygen atoms in total. The van der Waals surface area contributed by atoms with Gasteiger partial charge >= 0.3 is 0 Å². The normalized spacial score (nSPS) is 10.2. The minimum absolute atomic E-state index is 0.929. The van der Waals surface area contributed by atoms with Gasteiger partial charge in [-0.1, -0.05) is 25.8 Å². The van der Waals surface area contributed by atoms with Crippen LogP contribution < -0.4 is 0 Å². The van der Waals surface area contributed by atoms with Gasteiger partial charge in [0.05, 0.1) is 6.26 Å². The van der Waals surface area contributed by atoms with E-state index < -0.39 is 0 Å². The number of hydrogen-bond acceptors (Lipinski definition) is 1. The van der Waals surface area contributed by atoms with E-state index in [0.29, 0.717) is 0 Å². The Morgan fingerprint density at radius 1 is 1.46 bits per heavy atom. The van der Waals surface area contributed by atoms with Crippen LogP contribution in [0.5, 0.6) is 0 Å². The van der Waals surface area contributed by atoms with Gasteiger partial charge < -0.3 is 4.42 Å². The smallest absolute Gasteiger partial charge is 0.107 e. The number of rotatable bonds is 6. The fourth-order valence-electron chi connectivity index (χ4n) is 1.46. The van der Waals surface area contributed by atoms with Crippen molar-refractivity contribution < 1.29 is 4.42 Å². The zero-order valence-electron chi connectivity index (χ0n) is 8.38. The van der Waals surface area contributed by atoms with E-state index >= 15 is 0 Å². The molecule has 1 rings (SSSR count). The lowest BCUT2D eigenvalue weighted by atomic mass is 10.1. The van der Waals surface area contributed by atoms with Crippen molar-refractivity contribution in [3.63, 3.8) is 0 Å². The highest BCUT2D eigenvalue weighted by atomic mass is 16.3. The molecule has 0 spiro atoms. The number of aryl methyl sites for hydroxylation is 1. The molecule has 0 N–H and O–H groups in total. The lowest BCUT2D eigenvalue weighted by Crippen LogP contribution is -1.88. The van der Waals surface area contributed by atoms with E-state index in [0.717, 1.165) is 18.6 Å². The van der Waals surface area contributed by atoms with Crippen molar-refractivity contribution in [3.05, 3.63) is 36.3 Å². The van der Waals surface area contributed by atoms with Gasteiger partial charge in [0.1, 0.15) is 5.76 Å². The van der Waals surface area contributed by atoms with Gasteiger partial charge in [0.25, 0.3) is 0 Å². The van der Waals surface area contributed by atoms with E-state index in [1.807, 2.05) is 12.1 Å². The summed E-state index contributed by atoms with van der Waals surface area (Å²) < 4.78 is 5.42. The first-order valence-electron chi connectivity index (χ1n) is 5.04. The number of hydrogen-bond donors (Lipinski definition) is 0. The third-order valence-corrected chi connectivity index (χ3v) is 2.21. The van der Waals surface area contributed by atoms with Gasteiger partial charge in [-0.25, -0.2) is 0 Å². The van der Waals surface area contributed by atoms with Crippen LogP contribution in [-0.2, 0) is 12.8 Å². The van der Waals surface area contributed by atoms with Gasteiger partial charge in [-0.15, -0.1) is 6.58 Å². The molecular formula is C12H18O. The Hall–Kier alpha value is -0.980. The predicted octanol–water partition coefficient (Wildman–Crippen LogP) is 3.74. The van der Waals surface area contributed by atoms with Crippen molar-refractivity contribution >= 4 is 0 Å². The van der Waals surface area contributed by atoms with Crippen molar-refractivity contribution in [1.29, 1.82) is 0 Å². The number of unbranched alkanes of at least 4 members (excludes halogenated alkanes) is 2. The molecule has 13 heavy (non-hydrogen) atoms. The number of furan rings is 1. The van der Waals surface area contributed by atoms with Crippen LogP contribution in [-0.4, -0.2) is 0 Å². The monoisotopic (exact) mass is 178 g/mol. The molecule has 1 heterocycles. The first-order valence-corrected chi connectivity index (χ1v) is 5.04. The lowest BCUT2D eigenvalue weighted by Gasteiger charge is -1.99.